The predicted molar refractivity (Wildman–Crippen MR) is 101 cm³/mol. The zero-order valence-corrected chi connectivity index (χ0v) is 15.4. The number of carbonyl (C=O) groups excluding carboxylic acids is 1. The maximum absolute atomic E-state index is 12.8. The first-order valence-corrected chi connectivity index (χ1v) is 8.69. The highest BCUT2D eigenvalue weighted by Gasteiger charge is 2.37. The van der Waals surface area contributed by atoms with Crippen LogP contribution in [-0.4, -0.2) is 60.3 Å². The van der Waals surface area contributed by atoms with Crippen LogP contribution in [-0.2, 0) is 5.54 Å². The zero-order chi connectivity index (χ0) is 18.2. The number of fused-ring (bicyclic) bond motifs is 1. The Balaban J connectivity index is 1.80. The Bertz CT molecular complexity index is 767. The monoisotopic (exact) mass is 341 g/mol. The van der Waals surface area contributed by atoms with Crippen LogP contribution in [0.5, 0.6) is 0 Å². The average molecular weight is 341 g/mol. The maximum atomic E-state index is 12.8. The summed E-state index contributed by atoms with van der Waals surface area (Å²) in [6.45, 7) is 4.93. The number of carbonyl (C=O) groups is 1. The molecule has 0 spiro atoms. The lowest BCUT2D eigenvalue weighted by atomic mass is 9.89. The number of nitrogens with one attached hydrogen (secondary N) is 1. The fourth-order valence-corrected chi connectivity index (χ4v) is 3.63. The largest absolute Gasteiger partial charge is 0.390 e. The number of likely N-dealkylation sites (tertiary alicyclic amines) is 1. The van der Waals surface area contributed by atoms with Crippen LogP contribution in [0.3, 0.4) is 0 Å². The SMILES string of the molecule is CN(C)[C@H]1CN(C(=O)NC(C)(C)c2cccc3ccccc23)C[C@@H]1O. The molecule has 0 aromatic heterocycles. The smallest absolute Gasteiger partial charge is 0.318 e. The Morgan fingerprint density at radius 2 is 1.84 bits per heavy atom. The normalized spacial score (nSPS) is 21.1. The number of aliphatic hydroxyl groups is 1. The number of nitrogens with zero attached hydrogens (tertiary/aromatic N) is 2. The second-order valence-corrected chi connectivity index (χ2v) is 7.59. The van der Waals surface area contributed by atoms with Gasteiger partial charge in [-0.1, -0.05) is 42.5 Å². The molecule has 2 N–H and O–H groups in total. The molecule has 2 aromatic rings. The van der Waals surface area contributed by atoms with Gasteiger partial charge in [-0.15, -0.1) is 0 Å². The van der Waals surface area contributed by atoms with E-state index in [9.17, 15) is 9.90 Å². The fourth-order valence-electron chi connectivity index (χ4n) is 3.63. The number of amides is 2. The third-order valence-corrected chi connectivity index (χ3v) is 5.09. The van der Waals surface area contributed by atoms with Gasteiger partial charge in [0, 0.05) is 13.1 Å². The van der Waals surface area contributed by atoms with Crippen LogP contribution in [0, 0.1) is 0 Å². The minimum absolute atomic E-state index is 0.0218. The molecule has 134 valence electrons. The van der Waals surface area contributed by atoms with Gasteiger partial charge in [-0.3, -0.25) is 0 Å². The van der Waals surface area contributed by atoms with Crippen molar-refractivity contribution in [1.82, 2.24) is 15.1 Å². The molecule has 1 fully saturated rings. The number of β-amino-alcohol motifs (C(OH)–C–C–N with tert-alkyl or cyclic N) is 1. The summed E-state index contributed by atoms with van der Waals surface area (Å²) < 4.78 is 0. The summed E-state index contributed by atoms with van der Waals surface area (Å²) >= 11 is 0. The number of hydrogen-bond donors (Lipinski definition) is 2. The van der Waals surface area contributed by atoms with Crippen LogP contribution in [0.1, 0.15) is 19.4 Å². The minimum Gasteiger partial charge on any atom is -0.390 e. The highest BCUT2D eigenvalue weighted by molar-refractivity contribution is 5.87. The first kappa shape index (κ1) is 17.7. The number of aliphatic hydroxyl groups excluding tert-OH is 1. The number of hydrogen-bond acceptors (Lipinski definition) is 3. The molecule has 0 radical (unpaired) electrons. The first-order valence-electron chi connectivity index (χ1n) is 8.69. The average Bonchev–Trinajstić information content (AvgIpc) is 2.96. The Labute approximate surface area is 149 Å². The van der Waals surface area contributed by atoms with Gasteiger partial charge in [-0.05, 0) is 44.3 Å². The van der Waals surface area contributed by atoms with E-state index in [1.165, 1.54) is 0 Å². The van der Waals surface area contributed by atoms with E-state index in [-0.39, 0.29) is 12.1 Å². The molecule has 2 atom stereocenters. The lowest BCUT2D eigenvalue weighted by Gasteiger charge is -2.31. The van der Waals surface area contributed by atoms with E-state index >= 15 is 0 Å². The maximum Gasteiger partial charge on any atom is 0.318 e. The van der Waals surface area contributed by atoms with Gasteiger partial charge in [0.2, 0.25) is 0 Å². The van der Waals surface area contributed by atoms with Crippen molar-refractivity contribution in [3.63, 3.8) is 0 Å². The molecule has 0 unspecified atom stereocenters. The first-order chi connectivity index (χ1) is 11.8. The molecule has 0 bridgehead atoms. The summed E-state index contributed by atoms with van der Waals surface area (Å²) in [7, 11) is 3.85. The van der Waals surface area contributed by atoms with E-state index in [1.807, 2.05) is 51.0 Å². The Kier molecular flexibility index (Phi) is 4.71. The van der Waals surface area contributed by atoms with Crippen molar-refractivity contribution >= 4 is 16.8 Å². The summed E-state index contributed by atoms with van der Waals surface area (Å²) in [6.07, 6.45) is -0.513. The van der Waals surface area contributed by atoms with Gasteiger partial charge in [0.1, 0.15) is 0 Å². The second-order valence-electron chi connectivity index (χ2n) is 7.59. The van der Waals surface area contributed by atoms with Gasteiger partial charge < -0.3 is 20.2 Å². The van der Waals surface area contributed by atoms with E-state index in [0.29, 0.717) is 13.1 Å². The van der Waals surface area contributed by atoms with E-state index in [4.69, 9.17) is 0 Å². The molecular formula is C20H27N3O2. The quantitative estimate of drug-likeness (QED) is 0.901. The molecule has 5 nitrogen and oxygen atoms in total. The van der Waals surface area contributed by atoms with E-state index < -0.39 is 11.6 Å². The third kappa shape index (κ3) is 3.48. The Morgan fingerprint density at radius 3 is 2.52 bits per heavy atom. The summed E-state index contributed by atoms with van der Waals surface area (Å²) in [6, 6.07) is 14.2. The van der Waals surface area contributed by atoms with Crippen LogP contribution in [0.4, 0.5) is 4.79 Å². The van der Waals surface area contributed by atoms with Gasteiger partial charge in [-0.25, -0.2) is 4.79 Å². The van der Waals surface area contributed by atoms with Crippen LogP contribution >= 0.6 is 0 Å². The summed E-state index contributed by atoms with van der Waals surface area (Å²) in [5.41, 5.74) is 0.571. The molecule has 1 heterocycles. The topological polar surface area (TPSA) is 55.8 Å². The van der Waals surface area contributed by atoms with Gasteiger partial charge >= 0.3 is 6.03 Å². The molecule has 2 aromatic carbocycles. The fraction of sp³-hybridized carbons (Fsp3) is 0.450. The van der Waals surface area contributed by atoms with Crippen molar-refractivity contribution in [2.24, 2.45) is 0 Å². The van der Waals surface area contributed by atoms with E-state index in [1.54, 1.807) is 4.90 Å². The summed E-state index contributed by atoms with van der Waals surface area (Å²) in [4.78, 5) is 16.4. The predicted octanol–water partition coefficient (Wildman–Crippen LogP) is 2.39. The molecule has 0 saturated carbocycles. The number of benzene rings is 2. The molecule has 1 saturated heterocycles. The number of rotatable bonds is 3. The molecule has 25 heavy (non-hydrogen) atoms. The third-order valence-electron chi connectivity index (χ3n) is 5.09. The van der Waals surface area contributed by atoms with Crippen molar-refractivity contribution in [3.8, 4) is 0 Å². The van der Waals surface area contributed by atoms with Crippen molar-refractivity contribution in [1.29, 1.82) is 0 Å². The van der Waals surface area contributed by atoms with Crippen molar-refractivity contribution in [2.45, 2.75) is 31.5 Å². The van der Waals surface area contributed by atoms with E-state index in [0.717, 1.165) is 16.3 Å². The highest BCUT2D eigenvalue weighted by Crippen LogP contribution is 2.29. The van der Waals surface area contributed by atoms with E-state index in [2.05, 4.69) is 29.6 Å². The lowest BCUT2D eigenvalue weighted by Crippen LogP contribution is -2.48. The van der Waals surface area contributed by atoms with Crippen molar-refractivity contribution < 1.29 is 9.90 Å². The molecule has 3 rings (SSSR count). The summed E-state index contributed by atoms with van der Waals surface area (Å²) in [5.74, 6) is 0. The number of likely N-dealkylation sites (N-methyl/N-ethyl adjacent to an activating group) is 1. The summed E-state index contributed by atoms with van der Waals surface area (Å²) in [5, 5.41) is 15.6. The van der Waals surface area contributed by atoms with Crippen LogP contribution in [0.2, 0.25) is 0 Å². The van der Waals surface area contributed by atoms with Gasteiger partial charge in [-0.2, -0.15) is 0 Å². The molecule has 2 amide bonds. The van der Waals surface area contributed by atoms with Gasteiger partial charge in [0.05, 0.1) is 17.7 Å². The van der Waals surface area contributed by atoms with Crippen molar-refractivity contribution in [3.05, 3.63) is 48.0 Å². The molecule has 5 heteroatoms. The van der Waals surface area contributed by atoms with Crippen molar-refractivity contribution in [2.75, 3.05) is 27.2 Å². The Morgan fingerprint density at radius 1 is 1.16 bits per heavy atom. The highest BCUT2D eigenvalue weighted by atomic mass is 16.3. The van der Waals surface area contributed by atoms with Crippen LogP contribution in [0.15, 0.2) is 42.5 Å². The zero-order valence-electron chi connectivity index (χ0n) is 15.4. The standard InChI is InChI=1S/C20H27N3O2/c1-20(2,16-11-7-9-14-8-5-6-10-15(14)16)21-19(25)23-12-17(22(3)4)18(24)13-23/h5-11,17-18,24H,12-13H2,1-4H3,(H,21,25)/t17-,18-/m0/s1. The minimum atomic E-state index is -0.515. The molecule has 1 aliphatic heterocycles. The number of urea groups is 1. The molecule has 0 aliphatic carbocycles. The van der Waals surface area contributed by atoms with Gasteiger partial charge in [0.25, 0.3) is 0 Å². The van der Waals surface area contributed by atoms with Crippen LogP contribution in [0.25, 0.3) is 10.8 Å². The Hall–Kier alpha value is -2.11. The van der Waals surface area contributed by atoms with Crippen LogP contribution < -0.4 is 5.32 Å². The molecular weight excluding hydrogens is 314 g/mol. The van der Waals surface area contributed by atoms with Gasteiger partial charge in [0.15, 0.2) is 0 Å². The second kappa shape index (κ2) is 6.65. The molecule has 1 aliphatic rings. The lowest BCUT2D eigenvalue weighted by molar-refractivity contribution is 0.112.